The largest absolute Gasteiger partial charge is 0.100 e. The van der Waals surface area contributed by atoms with Gasteiger partial charge in [-0.15, -0.1) is 6.58 Å². The maximum absolute atomic E-state index is 4.03. The van der Waals surface area contributed by atoms with E-state index in [1.807, 2.05) is 0 Å². The zero-order valence-corrected chi connectivity index (χ0v) is 9.20. The molecule has 0 heterocycles. The predicted molar refractivity (Wildman–Crippen MR) is 57.2 cm³/mol. The Hall–Kier alpha value is -0.520. The van der Waals surface area contributed by atoms with Gasteiger partial charge < -0.3 is 0 Å². The van der Waals surface area contributed by atoms with Crippen molar-refractivity contribution in [1.29, 1.82) is 0 Å². The number of hydrogen-bond acceptors (Lipinski definition) is 0. The summed E-state index contributed by atoms with van der Waals surface area (Å²) in [4.78, 5) is 0. The molecule has 1 atom stereocenters. The maximum Gasteiger partial charge on any atom is -0.0123 e. The van der Waals surface area contributed by atoms with Crippen molar-refractivity contribution >= 4 is 0 Å². The highest BCUT2D eigenvalue weighted by Crippen LogP contribution is 2.35. The van der Waals surface area contributed by atoms with Crippen LogP contribution in [0, 0.1) is 11.3 Å². The van der Waals surface area contributed by atoms with E-state index in [2.05, 4.69) is 47.8 Å². The van der Waals surface area contributed by atoms with Crippen LogP contribution >= 0.6 is 0 Å². The molecule has 0 N–H and O–H groups in total. The fraction of sp³-hybridized carbons (Fsp3) is 0.667. The number of allylic oxidation sites excluding steroid dienone is 2. The second kappa shape index (κ2) is 3.93. The van der Waals surface area contributed by atoms with Gasteiger partial charge in [0.2, 0.25) is 0 Å². The van der Waals surface area contributed by atoms with E-state index in [0.29, 0.717) is 11.3 Å². The van der Waals surface area contributed by atoms with Crippen LogP contribution in [0.4, 0.5) is 0 Å². The molecule has 0 bridgehead atoms. The lowest BCUT2D eigenvalue weighted by Gasteiger charge is -2.31. The first-order valence-corrected chi connectivity index (χ1v) is 4.55. The first-order chi connectivity index (χ1) is 5.25. The molecule has 0 aromatic carbocycles. The van der Waals surface area contributed by atoms with Gasteiger partial charge in [-0.25, -0.2) is 0 Å². The summed E-state index contributed by atoms with van der Waals surface area (Å²) in [6.07, 6.45) is 1.07. The van der Waals surface area contributed by atoms with Gasteiger partial charge in [-0.1, -0.05) is 38.5 Å². The van der Waals surface area contributed by atoms with Crippen LogP contribution in [-0.4, -0.2) is 0 Å². The SMILES string of the molecule is C=C(C)CC(C(=C)C)C(C)(C)C. The Bertz CT molecular complexity index is 179. The van der Waals surface area contributed by atoms with Crippen LogP contribution in [0.15, 0.2) is 24.3 Å². The molecule has 0 nitrogen and oxygen atoms in total. The van der Waals surface area contributed by atoms with E-state index in [-0.39, 0.29) is 0 Å². The molecule has 0 saturated heterocycles. The highest BCUT2D eigenvalue weighted by atomic mass is 14.3. The van der Waals surface area contributed by atoms with Crippen molar-refractivity contribution in [3.05, 3.63) is 24.3 Å². The Morgan fingerprint density at radius 1 is 1.17 bits per heavy atom. The molecule has 0 radical (unpaired) electrons. The normalized spacial score (nSPS) is 14.1. The minimum atomic E-state index is 0.310. The van der Waals surface area contributed by atoms with E-state index in [1.54, 1.807) is 0 Å². The van der Waals surface area contributed by atoms with Crippen molar-refractivity contribution in [1.82, 2.24) is 0 Å². The van der Waals surface area contributed by atoms with Crippen molar-refractivity contribution in [3.63, 3.8) is 0 Å². The smallest absolute Gasteiger partial charge is 0.0123 e. The summed E-state index contributed by atoms with van der Waals surface area (Å²) >= 11 is 0. The molecule has 0 aliphatic heterocycles. The van der Waals surface area contributed by atoms with E-state index in [1.165, 1.54) is 11.1 Å². The van der Waals surface area contributed by atoms with Gasteiger partial charge in [0.25, 0.3) is 0 Å². The Balaban J connectivity index is 4.46. The third-order valence-electron chi connectivity index (χ3n) is 2.19. The maximum atomic E-state index is 4.03. The van der Waals surface area contributed by atoms with Gasteiger partial charge >= 0.3 is 0 Å². The van der Waals surface area contributed by atoms with Crippen molar-refractivity contribution < 1.29 is 0 Å². The third-order valence-corrected chi connectivity index (χ3v) is 2.19. The van der Waals surface area contributed by atoms with Gasteiger partial charge in [-0.3, -0.25) is 0 Å². The summed E-state index contributed by atoms with van der Waals surface area (Å²) in [5, 5.41) is 0. The highest BCUT2D eigenvalue weighted by Gasteiger charge is 2.24. The van der Waals surface area contributed by atoms with Crippen LogP contribution in [0.3, 0.4) is 0 Å². The molecule has 1 unspecified atom stereocenters. The highest BCUT2D eigenvalue weighted by molar-refractivity contribution is 5.07. The Labute approximate surface area is 77.4 Å². The molecule has 0 aromatic rings. The molecule has 0 aliphatic carbocycles. The molecule has 70 valence electrons. The lowest BCUT2D eigenvalue weighted by Crippen LogP contribution is -2.21. The zero-order valence-electron chi connectivity index (χ0n) is 9.20. The summed E-state index contributed by atoms with van der Waals surface area (Å²) < 4.78 is 0. The third kappa shape index (κ3) is 3.75. The Kier molecular flexibility index (Phi) is 3.76. The van der Waals surface area contributed by atoms with Crippen LogP contribution in [-0.2, 0) is 0 Å². The van der Waals surface area contributed by atoms with Crippen molar-refractivity contribution in [3.8, 4) is 0 Å². The minimum absolute atomic E-state index is 0.310. The molecule has 0 aromatic heterocycles. The fourth-order valence-corrected chi connectivity index (χ4v) is 1.57. The molecule has 0 rings (SSSR count). The monoisotopic (exact) mass is 166 g/mol. The zero-order chi connectivity index (χ0) is 9.94. The van der Waals surface area contributed by atoms with E-state index in [4.69, 9.17) is 0 Å². The molecular formula is C12H22. The van der Waals surface area contributed by atoms with Crippen molar-refractivity contribution in [2.45, 2.75) is 41.0 Å². The average Bonchev–Trinajstić information content (AvgIpc) is 1.79. The first kappa shape index (κ1) is 11.5. The molecule has 0 saturated carbocycles. The summed E-state index contributed by atoms with van der Waals surface area (Å²) in [6, 6.07) is 0. The van der Waals surface area contributed by atoms with E-state index < -0.39 is 0 Å². The summed E-state index contributed by atoms with van der Waals surface area (Å²) in [6.45, 7) is 19.0. The molecule has 0 fully saturated rings. The number of hydrogen-bond donors (Lipinski definition) is 0. The average molecular weight is 166 g/mol. The molecule has 12 heavy (non-hydrogen) atoms. The topological polar surface area (TPSA) is 0 Å². The van der Waals surface area contributed by atoms with Crippen LogP contribution < -0.4 is 0 Å². The van der Waals surface area contributed by atoms with Gasteiger partial charge in [-0.2, -0.15) is 0 Å². The molecular weight excluding hydrogens is 144 g/mol. The molecule has 0 amide bonds. The Morgan fingerprint density at radius 2 is 1.58 bits per heavy atom. The van der Waals surface area contributed by atoms with Crippen molar-refractivity contribution in [2.75, 3.05) is 0 Å². The molecule has 0 aliphatic rings. The second-order valence-electron chi connectivity index (χ2n) is 4.93. The fourth-order valence-electron chi connectivity index (χ4n) is 1.57. The van der Waals surface area contributed by atoms with Gasteiger partial charge in [0.15, 0.2) is 0 Å². The van der Waals surface area contributed by atoms with Crippen molar-refractivity contribution in [2.24, 2.45) is 11.3 Å². The van der Waals surface area contributed by atoms with Gasteiger partial charge in [0.1, 0.15) is 0 Å². The number of rotatable bonds is 3. The first-order valence-electron chi connectivity index (χ1n) is 4.55. The predicted octanol–water partition coefficient (Wildman–Crippen LogP) is 4.19. The summed E-state index contributed by atoms with van der Waals surface area (Å²) in [5.41, 5.74) is 2.83. The quantitative estimate of drug-likeness (QED) is 0.551. The van der Waals surface area contributed by atoms with Gasteiger partial charge in [0, 0.05) is 0 Å². The van der Waals surface area contributed by atoms with Crippen LogP contribution in [0.25, 0.3) is 0 Å². The van der Waals surface area contributed by atoms with Crippen LogP contribution in [0.5, 0.6) is 0 Å². The van der Waals surface area contributed by atoms with Gasteiger partial charge in [-0.05, 0) is 31.6 Å². The standard InChI is InChI=1S/C12H22/c1-9(2)8-11(10(3)4)12(5,6)7/h11H,1,3,8H2,2,4-7H3. The van der Waals surface area contributed by atoms with E-state index in [9.17, 15) is 0 Å². The minimum Gasteiger partial charge on any atom is -0.100 e. The lowest BCUT2D eigenvalue weighted by atomic mass is 9.74. The van der Waals surface area contributed by atoms with E-state index in [0.717, 1.165) is 6.42 Å². The summed E-state index contributed by atoms with van der Waals surface area (Å²) in [7, 11) is 0. The lowest BCUT2D eigenvalue weighted by molar-refractivity contribution is 0.278. The summed E-state index contributed by atoms with van der Waals surface area (Å²) in [5.74, 6) is 0.565. The van der Waals surface area contributed by atoms with E-state index >= 15 is 0 Å². The molecule has 0 heteroatoms. The van der Waals surface area contributed by atoms with Crippen LogP contribution in [0.2, 0.25) is 0 Å². The second-order valence-corrected chi connectivity index (χ2v) is 4.93. The van der Waals surface area contributed by atoms with Gasteiger partial charge in [0.05, 0.1) is 0 Å². The van der Waals surface area contributed by atoms with Crippen LogP contribution in [0.1, 0.15) is 41.0 Å². The molecule has 0 spiro atoms. The Morgan fingerprint density at radius 3 is 1.67 bits per heavy atom.